The van der Waals surface area contributed by atoms with Crippen LogP contribution in [-0.2, 0) is 27.4 Å². The summed E-state index contributed by atoms with van der Waals surface area (Å²) in [4.78, 5) is 43.5. The maximum atomic E-state index is 13.9. The minimum absolute atomic E-state index is 0.0362. The molecule has 2 heterocycles. The second kappa shape index (κ2) is 11.7. The Morgan fingerprint density at radius 2 is 1.40 bits per heavy atom. The molecule has 4 rings (SSSR count). The number of hydrogen-bond acceptors (Lipinski definition) is 3. The molecule has 1 unspecified atom stereocenters. The van der Waals surface area contributed by atoms with E-state index in [0.29, 0.717) is 31.6 Å². The van der Waals surface area contributed by atoms with Gasteiger partial charge in [-0.1, -0.05) is 30.3 Å². The van der Waals surface area contributed by atoms with Crippen LogP contribution >= 0.6 is 0 Å². The van der Waals surface area contributed by atoms with E-state index in [4.69, 9.17) is 0 Å². The Morgan fingerprint density at radius 3 is 1.93 bits per heavy atom. The van der Waals surface area contributed by atoms with Crippen LogP contribution in [0.1, 0.15) is 55.4 Å². The average Bonchev–Trinajstić information content (AvgIpc) is 3.58. The number of carbonyl (C=O) groups is 3. The highest BCUT2D eigenvalue weighted by Crippen LogP contribution is 2.40. The summed E-state index contributed by atoms with van der Waals surface area (Å²) in [6.45, 7) is 5.10. The smallest absolute Gasteiger partial charge is 0.352 e. The summed E-state index contributed by atoms with van der Waals surface area (Å²) < 4.78 is 81.5. The Labute approximate surface area is 245 Å². The number of hydrogen-bond donors (Lipinski definition) is 1. The summed E-state index contributed by atoms with van der Waals surface area (Å²) in [5.41, 5.74) is -4.35. The van der Waals surface area contributed by atoms with Gasteiger partial charge in [0.25, 0.3) is 0 Å². The Bertz CT molecular complexity index is 1330. The number of nitrogens with one attached hydrogen (secondary N) is 1. The molecule has 2 aliphatic heterocycles. The number of alkyl halides is 6. The third-order valence-corrected chi connectivity index (χ3v) is 8.32. The summed E-state index contributed by atoms with van der Waals surface area (Å²) in [6, 6.07) is 9.26. The van der Waals surface area contributed by atoms with Gasteiger partial charge >= 0.3 is 18.4 Å². The first-order chi connectivity index (χ1) is 19.9. The Morgan fingerprint density at radius 1 is 0.837 bits per heavy atom. The maximum Gasteiger partial charge on any atom is 0.416 e. The van der Waals surface area contributed by atoms with Crippen LogP contribution in [0.15, 0.2) is 48.5 Å². The zero-order chi connectivity index (χ0) is 31.9. The number of nitrogens with zero attached hydrogens (tertiary/aromatic N) is 3. The summed E-state index contributed by atoms with van der Waals surface area (Å²) in [6.07, 6.45) is -9.52. The van der Waals surface area contributed by atoms with Crippen LogP contribution in [0, 0.1) is 0 Å². The molecule has 2 aromatic carbocycles. The molecule has 0 radical (unpaired) electrons. The highest BCUT2D eigenvalue weighted by Gasteiger charge is 2.46. The summed E-state index contributed by atoms with van der Waals surface area (Å²) in [5, 5.41) is 2.81. The molecule has 2 saturated heterocycles. The molecule has 4 amide bonds. The number of likely N-dealkylation sites (N-methyl/N-ethyl adjacent to an activating group) is 1. The van der Waals surface area contributed by atoms with Gasteiger partial charge in [0.1, 0.15) is 0 Å². The summed E-state index contributed by atoms with van der Waals surface area (Å²) >= 11 is 0. The maximum absolute atomic E-state index is 13.9. The van der Waals surface area contributed by atoms with Crippen molar-refractivity contribution in [2.75, 3.05) is 33.2 Å². The van der Waals surface area contributed by atoms with Crippen molar-refractivity contribution >= 4 is 17.8 Å². The van der Waals surface area contributed by atoms with Crippen molar-refractivity contribution < 1.29 is 40.7 Å². The van der Waals surface area contributed by atoms with E-state index in [9.17, 15) is 40.7 Å². The largest absolute Gasteiger partial charge is 0.416 e. The molecule has 1 N–H and O–H groups in total. The van der Waals surface area contributed by atoms with Gasteiger partial charge in [0, 0.05) is 52.1 Å². The van der Waals surface area contributed by atoms with Crippen molar-refractivity contribution in [1.82, 2.24) is 20.0 Å². The van der Waals surface area contributed by atoms with Crippen molar-refractivity contribution in [1.29, 1.82) is 0 Å². The second-order valence-electron chi connectivity index (χ2n) is 11.7. The van der Waals surface area contributed by atoms with E-state index in [1.54, 1.807) is 9.80 Å². The molecule has 13 heteroatoms. The second-order valence-corrected chi connectivity index (χ2v) is 11.7. The van der Waals surface area contributed by atoms with Crippen LogP contribution in [0.3, 0.4) is 0 Å². The van der Waals surface area contributed by atoms with Gasteiger partial charge in [0.05, 0.1) is 22.6 Å². The van der Waals surface area contributed by atoms with E-state index in [1.165, 1.54) is 32.7 Å². The van der Waals surface area contributed by atoms with Gasteiger partial charge in [-0.25, -0.2) is 4.79 Å². The fourth-order valence-electron chi connectivity index (χ4n) is 5.93. The summed E-state index contributed by atoms with van der Waals surface area (Å²) in [7, 11) is 1.46. The lowest BCUT2D eigenvalue weighted by atomic mass is 9.80. The number of halogens is 6. The van der Waals surface area contributed by atoms with Crippen molar-refractivity contribution in [2.45, 2.75) is 63.0 Å². The first-order valence-corrected chi connectivity index (χ1v) is 13.8. The van der Waals surface area contributed by atoms with Crippen LogP contribution in [0.2, 0.25) is 0 Å². The van der Waals surface area contributed by atoms with E-state index >= 15 is 0 Å². The first kappa shape index (κ1) is 32.2. The number of likely N-dealkylation sites (tertiary alicyclic amines) is 2. The molecule has 43 heavy (non-hydrogen) atoms. The number of amides is 4. The van der Waals surface area contributed by atoms with E-state index < -0.39 is 46.4 Å². The van der Waals surface area contributed by atoms with Gasteiger partial charge in [-0.15, -0.1) is 0 Å². The monoisotopic (exact) mass is 612 g/mol. The molecule has 3 atom stereocenters. The van der Waals surface area contributed by atoms with Crippen LogP contribution in [0.4, 0.5) is 31.1 Å². The van der Waals surface area contributed by atoms with Crippen LogP contribution in [-0.4, -0.2) is 77.9 Å². The minimum Gasteiger partial charge on any atom is -0.352 e. The zero-order valence-electron chi connectivity index (χ0n) is 24.2. The fraction of sp³-hybridized carbons (Fsp3) is 0.500. The van der Waals surface area contributed by atoms with Crippen molar-refractivity contribution in [3.05, 3.63) is 70.8 Å². The quantitative estimate of drug-likeness (QED) is 0.469. The van der Waals surface area contributed by atoms with E-state index in [2.05, 4.69) is 5.32 Å². The first-order valence-electron chi connectivity index (χ1n) is 13.8. The fourth-order valence-corrected chi connectivity index (χ4v) is 5.93. The highest BCUT2D eigenvalue weighted by atomic mass is 19.4. The van der Waals surface area contributed by atoms with Gasteiger partial charge in [0.2, 0.25) is 11.8 Å². The summed E-state index contributed by atoms with van der Waals surface area (Å²) in [5.74, 6) is -1.25. The molecule has 0 spiro atoms. The van der Waals surface area contributed by atoms with Gasteiger partial charge in [-0.05, 0) is 49.6 Å². The molecule has 2 fully saturated rings. The molecule has 0 aromatic heterocycles. The molecule has 0 saturated carbocycles. The van der Waals surface area contributed by atoms with Crippen LogP contribution in [0.25, 0.3) is 0 Å². The lowest BCUT2D eigenvalue weighted by Gasteiger charge is -2.36. The van der Waals surface area contributed by atoms with E-state index in [-0.39, 0.29) is 43.1 Å². The molecule has 0 aliphatic carbocycles. The Balaban J connectivity index is 1.63. The van der Waals surface area contributed by atoms with Crippen LogP contribution < -0.4 is 5.32 Å². The van der Waals surface area contributed by atoms with E-state index in [0.717, 1.165) is 5.56 Å². The third kappa shape index (κ3) is 6.91. The predicted molar refractivity (Wildman–Crippen MR) is 146 cm³/mol. The predicted octanol–water partition coefficient (Wildman–Crippen LogP) is 5.26. The highest BCUT2D eigenvalue weighted by molar-refractivity contribution is 5.88. The van der Waals surface area contributed by atoms with Crippen molar-refractivity contribution in [3.63, 3.8) is 0 Å². The SMILES string of the molecule is CC(=O)NC1CCN(C(=O)N2C[C@@H](N(C)C(=O)C(C)(C)c3cc(C(F)(F)F)cc(C(F)(F)F)c3)[C@H](c3ccccc3)C2)C1. The average molecular weight is 613 g/mol. The number of carbonyl (C=O) groups excluding carboxylic acids is 3. The molecular weight excluding hydrogens is 578 g/mol. The van der Waals surface area contributed by atoms with Gasteiger partial charge in [0.15, 0.2) is 0 Å². The molecule has 234 valence electrons. The van der Waals surface area contributed by atoms with Gasteiger partial charge in [-0.2, -0.15) is 26.3 Å². The molecule has 7 nitrogen and oxygen atoms in total. The Hall–Kier alpha value is -3.77. The molecule has 0 bridgehead atoms. The molecule has 2 aliphatic rings. The van der Waals surface area contributed by atoms with Crippen molar-refractivity contribution in [2.24, 2.45) is 0 Å². The van der Waals surface area contributed by atoms with Crippen molar-refractivity contribution in [3.8, 4) is 0 Å². The van der Waals surface area contributed by atoms with Crippen LogP contribution in [0.5, 0.6) is 0 Å². The number of urea groups is 1. The zero-order valence-corrected chi connectivity index (χ0v) is 24.2. The van der Waals surface area contributed by atoms with Gasteiger partial charge in [-0.3, -0.25) is 9.59 Å². The number of rotatable bonds is 5. The minimum atomic E-state index is -5.06. The van der Waals surface area contributed by atoms with Gasteiger partial charge < -0.3 is 20.0 Å². The lowest BCUT2D eigenvalue weighted by molar-refractivity contribution is -0.144. The molecular formula is C30H34F6N4O3. The number of benzene rings is 2. The standard InChI is InChI=1S/C30H34F6N4O3/c1-18(41)37-23-10-11-39(15-23)27(43)40-16-24(19-8-6-5-7-9-19)25(17-40)38(4)26(42)28(2,3)20-12-21(29(31,32)33)14-22(13-20)30(34,35)36/h5-9,12-14,23-25H,10-11,15-17H2,1-4H3,(H,37,41)/t23?,24-,25+/m0/s1. The van der Waals surface area contributed by atoms with E-state index in [1.807, 2.05) is 30.3 Å². The third-order valence-electron chi connectivity index (χ3n) is 8.32. The Kier molecular flexibility index (Phi) is 8.77. The topological polar surface area (TPSA) is 73.0 Å². The normalized spacial score (nSPS) is 21.2. The molecule has 2 aromatic rings. The lowest BCUT2D eigenvalue weighted by Crippen LogP contribution is -2.49.